The predicted molar refractivity (Wildman–Crippen MR) is 84.7 cm³/mol. The van der Waals surface area contributed by atoms with Crippen LogP contribution in [-0.4, -0.2) is 16.9 Å². The quantitative estimate of drug-likeness (QED) is 0.809. The second kappa shape index (κ2) is 5.89. The van der Waals surface area contributed by atoms with Gasteiger partial charge in [-0.2, -0.15) is 0 Å². The van der Waals surface area contributed by atoms with Gasteiger partial charge in [0, 0.05) is 11.8 Å². The number of benzene rings is 2. The van der Waals surface area contributed by atoms with Gasteiger partial charge in [0.15, 0.2) is 0 Å². The molecule has 4 N–H and O–H groups in total. The van der Waals surface area contributed by atoms with Crippen LogP contribution in [0.5, 0.6) is 5.75 Å². The van der Waals surface area contributed by atoms with Crippen molar-refractivity contribution in [2.45, 2.75) is 19.3 Å². The molecule has 2 rings (SSSR count). The first-order valence-corrected chi connectivity index (χ1v) is 6.82. The third-order valence-corrected chi connectivity index (χ3v) is 3.58. The van der Waals surface area contributed by atoms with E-state index >= 15 is 0 Å². The molecule has 0 aromatic heterocycles. The molecule has 0 aliphatic rings. The third kappa shape index (κ3) is 3.09. The maximum atomic E-state index is 12.5. The Morgan fingerprint density at radius 3 is 2.27 bits per heavy atom. The first kappa shape index (κ1) is 15.6. The highest BCUT2D eigenvalue weighted by molar-refractivity contribution is 6.00. The summed E-state index contributed by atoms with van der Waals surface area (Å²) in [6.07, 6.45) is 0. The summed E-state index contributed by atoms with van der Waals surface area (Å²) >= 11 is 0. The Balaban J connectivity index is 2.22. The van der Waals surface area contributed by atoms with Gasteiger partial charge >= 0.3 is 0 Å². The van der Waals surface area contributed by atoms with Crippen molar-refractivity contribution >= 4 is 17.5 Å². The van der Waals surface area contributed by atoms with E-state index in [1.165, 1.54) is 18.2 Å². The molecule has 0 bridgehead atoms. The molecule has 0 aliphatic heterocycles. The van der Waals surface area contributed by atoms with Gasteiger partial charge in [0.2, 0.25) is 5.91 Å². The van der Waals surface area contributed by atoms with E-state index in [4.69, 9.17) is 5.73 Å². The molecular formula is C17H18N2O3. The van der Waals surface area contributed by atoms with Crippen molar-refractivity contribution in [1.82, 2.24) is 0 Å². The molecule has 0 aliphatic carbocycles. The Hall–Kier alpha value is -2.82. The fourth-order valence-electron chi connectivity index (χ4n) is 2.09. The van der Waals surface area contributed by atoms with E-state index < -0.39 is 11.3 Å². The lowest BCUT2D eigenvalue weighted by atomic mass is 9.83. The van der Waals surface area contributed by atoms with Crippen LogP contribution in [0.3, 0.4) is 0 Å². The number of nitrogens with two attached hydrogens (primary N) is 1. The van der Waals surface area contributed by atoms with Gasteiger partial charge in [0.05, 0.1) is 11.0 Å². The van der Waals surface area contributed by atoms with Crippen molar-refractivity contribution in [1.29, 1.82) is 0 Å². The Morgan fingerprint density at radius 1 is 1.09 bits per heavy atom. The molecule has 0 saturated heterocycles. The molecule has 0 saturated carbocycles. The largest absolute Gasteiger partial charge is 0.507 e. The summed E-state index contributed by atoms with van der Waals surface area (Å²) in [4.78, 5) is 23.6. The van der Waals surface area contributed by atoms with Crippen LogP contribution in [0.1, 0.15) is 29.8 Å². The Kier molecular flexibility index (Phi) is 4.17. The summed E-state index contributed by atoms with van der Waals surface area (Å²) in [7, 11) is 0. The molecule has 0 atom stereocenters. The van der Waals surface area contributed by atoms with E-state index in [0.29, 0.717) is 5.69 Å². The SMILES string of the molecule is CC(C)(C(=O)Nc1ccc(C(N)=O)c(O)c1)c1ccccc1. The minimum atomic E-state index is -0.737. The normalized spacial score (nSPS) is 11.0. The minimum Gasteiger partial charge on any atom is -0.507 e. The zero-order chi connectivity index (χ0) is 16.3. The minimum absolute atomic E-state index is 0.0142. The Bertz CT molecular complexity index is 709. The fourth-order valence-corrected chi connectivity index (χ4v) is 2.09. The summed E-state index contributed by atoms with van der Waals surface area (Å²) in [6, 6.07) is 13.6. The van der Waals surface area contributed by atoms with Crippen LogP contribution in [0, 0.1) is 0 Å². The van der Waals surface area contributed by atoms with Crippen LogP contribution in [-0.2, 0) is 10.2 Å². The molecule has 0 spiro atoms. The number of nitrogens with one attached hydrogen (secondary N) is 1. The van der Waals surface area contributed by atoms with Crippen molar-refractivity contribution in [3.63, 3.8) is 0 Å². The Morgan fingerprint density at radius 2 is 1.73 bits per heavy atom. The van der Waals surface area contributed by atoms with Crippen LogP contribution in [0.4, 0.5) is 5.69 Å². The van der Waals surface area contributed by atoms with Crippen molar-refractivity contribution in [3.05, 3.63) is 59.7 Å². The van der Waals surface area contributed by atoms with Gasteiger partial charge in [0.1, 0.15) is 5.75 Å². The number of carbonyl (C=O) groups excluding carboxylic acids is 2. The molecule has 5 heteroatoms. The first-order valence-electron chi connectivity index (χ1n) is 6.82. The lowest BCUT2D eigenvalue weighted by Crippen LogP contribution is -2.34. The fraction of sp³-hybridized carbons (Fsp3) is 0.176. The number of primary amides is 1. The van der Waals surface area contributed by atoms with Crippen molar-refractivity contribution in [2.24, 2.45) is 5.73 Å². The highest BCUT2D eigenvalue weighted by Gasteiger charge is 2.29. The van der Waals surface area contributed by atoms with Gasteiger partial charge in [-0.25, -0.2) is 0 Å². The topological polar surface area (TPSA) is 92.4 Å². The third-order valence-electron chi connectivity index (χ3n) is 3.58. The molecule has 2 aromatic carbocycles. The summed E-state index contributed by atoms with van der Waals surface area (Å²) in [5.74, 6) is -1.20. The summed E-state index contributed by atoms with van der Waals surface area (Å²) in [5, 5.41) is 12.5. The van der Waals surface area contributed by atoms with Crippen molar-refractivity contribution in [3.8, 4) is 5.75 Å². The maximum absolute atomic E-state index is 12.5. The van der Waals surface area contributed by atoms with E-state index in [1.54, 1.807) is 0 Å². The first-order chi connectivity index (χ1) is 10.3. The number of phenols is 1. The number of aromatic hydroxyl groups is 1. The average molecular weight is 298 g/mol. The second-order valence-corrected chi connectivity index (χ2v) is 5.54. The number of amides is 2. The molecular weight excluding hydrogens is 280 g/mol. The van der Waals surface area contributed by atoms with Crippen LogP contribution >= 0.6 is 0 Å². The molecule has 114 valence electrons. The molecule has 0 unspecified atom stereocenters. The number of anilines is 1. The van der Waals surface area contributed by atoms with Crippen LogP contribution in [0.2, 0.25) is 0 Å². The van der Waals surface area contributed by atoms with Crippen LogP contribution in [0.15, 0.2) is 48.5 Å². The van der Waals surface area contributed by atoms with Gasteiger partial charge in [-0.1, -0.05) is 30.3 Å². The molecule has 0 fully saturated rings. The van der Waals surface area contributed by atoms with Crippen molar-refractivity contribution < 1.29 is 14.7 Å². The van der Waals surface area contributed by atoms with Gasteiger partial charge in [0.25, 0.3) is 5.91 Å². The van der Waals surface area contributed by atoms with E-state index in [0.717, 1.165) is 5.56 Å². The summed E-state index contributed by atoms with van der Waals surface area (Å²) < 4.78 is 0. The zero-order valence-electron chi connectivity index (χ0n) is 12.5. The van der Waals surface area contributed by atoms with Crippen LogP contribution in [0.25, 0.3) is 0 Å². The molecule has 22 heavy (non-hydrogen) atoms. The highest BCUT2D eigenvalue weighted by atomic mass is 16.3. The zero-order valence-corrected chi connectivity index (χ0v) is 12.5. The number of carbonyl (C=O) groups is 2. The van der Waals surface area contributed by atoms with E-state index in [9.17, 15) is 14.7 Å². The molecule has 5 nitrogen and oxygen atoms in total. The second-order valence-electron chi connectivity index (χ2n) is 5.54. The van der Waals surface area contributed by atoms with Gasteiger partial charge in [-0.3, -0.25) is 9.59 Å². The number of hydrogen-bond acceptors (Lipinski definition) is 3. The summed E-state index contributed by atoms with van der Waals surface area (Å²) in [6.45, 7) is 3.63. The Labute approximate surface area is 128 Å². The van der Waals surface area contributed by atoms with Crippen molar-refractivity contribution in [2.75, 3.05) is 5.32 Å². The molecule has 2 amide bonds. The van der Waals surface area contributed by atoms with E-state index in [2.05, 4.69) is 5.32 Å². The average Bonchev–Trinajstić information content (AvgIpc) is 2.47. The van der Waals surface area contributed by atoms with Gasteiger partial charge in [-0.15, -0.1) is 0 Å². The maximum Gasteiger partial charge on any atom is 0.252 e. The smallest absolute Gasteiger partial charge is 0.252 e. The monoisotopic (exact) mass is 298 g/mol. The van der Waals surface area contributed by atoms with Gasteiger partial charge < -0.3 is 16.2 Å². The lowest BCUT2D eigenvalue weighted by Gasteiger charge is -2.24. The standard InChI is InChI=1S/C17H18N2O3/c1-17(2,11-6-4-3-5-7-11)16(22)19-12-8-9-13(15(18)21)14(20)10-12/h3-10,20H,1-2H3,(H2,18,21)(H,19,22). The molecule has 0 heterocycles. The number of hydrogen-bond donors (Lipinski definition) is 3. The molecule has 2 aromatic rings. The van der Waals surface area contributed by atoms with Crippen LogP contribution < -0.4 is 11.1 Å². The lowest BCUT2D eigenvalue weighted by molar-refractivity contribution is -0.120. The highest BCUT2D eigenvalue weighted by Crippen LogP contribution is 2.27. The number of rotatable bonds is 4. The van der Waals surface area contributed by atoms with E-state index in [1.807, 2.05) is 44.2 Å². The predicted octanol–water partition coefficient (Wildman–Crippen LogP) is 2.41. The summed E-state index contributed by atoms with van der Waals surface area (Å²) in [5.41, 5.74) is 5.68. The molecule has 0 radical (unpaired) electrons. The van der Waals surface area contributed by atoms with Gasteiger partial charge in [-0.05, 0) is 31.5 Å². The van der Waals surface area contributed by atoms with E-state index in [-0.39, 0.29) is 17.2 Å².